The second-order valence-corrected chi connectivity index (χ2v) is 7.70. The first-order valence-electron chi connectivity index (χ1n) is 7.70. The molecular formula is C17H19N3O3S. The first-order valence-corrected chi connectivity index (χ1v) is 9.31. The molecule has 1 heterocycles. The largest absolute Gasteiger partial charge is 0.323 e. The summed E-state index contributed by atoms with van der Waals surface area (Å²) >= 11 is 0. The average Bonchev–Trinajstić information content (AvgIpc) is 2.90. The van der Waals surface area contributed by atoms with Crippen LogP contribution in [-0.4, -0.2) is 26.7 Å². The first-order chi connectivity index (χ1) is 11.5. The fourth-order valence-electron chi connectivity index (χ4n) is 2.64. The monoisotopic (exact) mass is 345 g/mol. The number of nitrogens with one attached hydrogen (secondary N) is 2. The summed E-state index contributed by atoms with van der Waals surface area (Å²) in [5.41, 5.74) is 2.71. The molecule has 0 atom stereocenters. The zero-order valence-corrected chi connectivity index (χ0v) is 14.1. The van der Waals surface area contributed by atoms with Crippen molar-refractivity contribution in [3.63, 3.8) is 0 Å². The molecule has 0 saturated carbocycles. The highest BCUT2D eigenvalue weighted by Crippen LogP contribution is 2.28. The number of hydrogen-bond donors (Lipinski definition) is 2. The Morgan fingerprint density at radius 1 is 1.08 bits per heavy atom. The Labute approximate surface area is 141 Å². The van der Waals surface area contributed by atoms with E-state index in [0.29, 0.717) is 30.0 Å². The van der Waals surface area contributed by atoms with Crippen molar-refractivity contribution in [1.29, 1.82) is 0 Å². The molecular weight excluding hydrogens is 326 g/mol. The van der Waals surface area contributed by atoms with Gasteiger partial charge in [-0.25, -0.2) is 13.2 Å². The van der Waals surface area contributed by atoms with Crippen LogP contribution in [0.2, 0.25) is 0 Å². The van der Waals surface area contributed by atoms with Gasteiger partial charge in [0.1, 0.15) is 0 Å². The Hall–Kier alpha value is -2.54. The maximum absolute atomic E-state index is 12.1. The number of amides is 2. The van der Waals surface area contributed by atoms with E-state index in [0.717, 1.165) is 5.56 Å². The van der Waals surface area contributed by atoms with Gasteiger partial charge < -0.3 is 10.6 Å². The predicted molar refractivity (Wildman–Crippen MR) is 96.0 cm³/mol. The third-order valence-corrected chi connectivity index (χ3v) is 5.76. The van der Waals surface area contributed by atoms with Crippen LogP contribution in [-0.2, 0) is 10.0 Å². The fraction of sp³-hybridized carbons (Fsp3) is 0.235. The molecule has 0 radical (unpaired) electrons. The van der Waals surface area contributed by atoms with Crippen molar-refractivity contribution in [1.82, 2.24) is 0 Å². The zero-order chi connectivity index (χ0) is 17.2. The van der Waals surface area contributed by atoms with Gasteiger partial charge in [-0.15, -0.1) is 0 Å². The molecule has 0 unspecified atom stereocenters. The van der Waals surface area contributed by atoms with Gasteiger partial charge in [0.15, 0.2) is 0 Å². The molecule has 6 nitrogen and oxygen atoms in total. The van der Waals surface area contributed by atoms with Crippen LogP contribution in [0.4, 0.5) is 21.9 Å². The van der Waals surface area contributed by atoms with E-state index in [9.17, 15) is 13.2 Å². The van der Waals surface area contributed by atoms with Crippen LogP contribution in [0.1, 0.15) is 12.0 Å². The van der Waals surface area contributed by atoms with Crippen LogP contribution in [0.25, 0.3) is 0 Å². The Kier molecular flexibility index (Phi) is 4.44. The minimum Gasteiger partial charge on any atom is -0.308 e. The number of carbonyl (C=O) groups is 1. The van der Waals surface area contributed by atoms with E-state index in [1.807, 2.05) is 25.1 Å². The number of urea groups is 1. The van der Waals surface area contributed by atoms with Crippen molar-refractivity contribution < 1.29 is 13.2 Å². The molecule has 24 heavy (non-hydrogen) atoms. The van der Waals surface area contributed by atoms with Crippen LogP contribution in [0, 0.1) is 6.92 Å². The molecule has 0 bridgehead atoms. The summed E-state index contributed by atoms with van der Waals surface area (Å²) in [7, 11) is -3.24. The zero-order valence-electron chi connectivity index (χ0n) is 13.3. The number of rotatable bonds is 3. The topological polar surface area (TPSA) is 78.5 Å². The minimum atomic E-state index is -3.24. The third-order valence-electron chi connectivity index (χ3n) is 3.89. The summed E-state index contributed by atoms with van der Waals surface area (Å²) < 4.78 is 25.5. The highest BCUT2D eigenvalue weighted by atomic mass is 32.2. The molecule has 2 aromatic carbocycles. The molecule has 1 fully saturated rings. The lowest BCUT2D eigenvalue weighted by molar-refractivity contribution is 0.262. The van der Waals surface area contributed by atoms with E-state index in [4.69, 9.17) is 0 Å². The number of benzene rings is 2. The Bertz CT molecular complexity index is 851. The van der Waals surface area contributed by atoms with E-state index in [1.165, 1.54) is 4.31 Å². The van der Waals surface area contributed by atoms with Gasteiger partial charge in [0.2, 0.25) is 10.0 Å². The van der Waals surface area contributed by atoms with Crippen molar-refractivity contribution in [2.75, 3.05) is 27.2 Å². The van der Waals surface area contributed by atoms with E-state index < -0.39 is 10.0 Å². The molecule has 0 aliphatic carbocycles. The number of aryl methyl sites for hydroxylation is 1. The molecule has 1 aliphatic rings. The highest BCUT2D eigenvalue weighted by molar-refractivity contribution is 7.93. The summed E-state index contributed by atoms with van der Waals surface area (Å²) in [6, 6.07) is 14.0. The smallest absolute Gasteiger partial charge is 0.308 e. The molecule has 0 aromatic heterocycles. The number of nitrogens with zero attached hydrogens (tertiary/aromatic N) is 1. The number of para-hydroxylation sites is 1. The van der Waals surface area contributed by atoms with E-state index in [-0.39, 0.29) is 11.8 Å². The van der Waals surface area contributed by atoms with Crippen molar-refractivity contribution >= 4 is 33.1 Å². The second-order valence-electron chi connectivity index (χ2n) is 5.69. The Balaban J connectivity index is 1.78. The van der Waals surface area contributed by atoms with E-state index in [2.05, 4.69) is 10.6 Å². The van der Waals surface area contributed by atoms with Gasteiger partial charge in [0.25, 0.3) is 0 Å². The van der Waals surface area contributed by atoms with E-state index in [1.54, 1.807) is 30.3 Å². The lowest BCUT2D eigenvalue weighted by Gasteiger charge is -2.19. The Morgan fingerprint density at radius 2 is 1.83 bits per heavy atom. The summed E-state index contributed by atoms with van der Waals surface area (Å²) in [6.07, 6.45) is 0.619. The lowest BCUT2D eigenvalue weighted by atomic mass is 10.2. The van der Waals surface area contributed by atoms with E-state index >= 15 is 0 Å². The number of sulfonamides is 1. The summed E-state index contributed by atoms with van der Waals surface area (Å²) in [5.74, 6) is 0.165. The second kappa shape index (κ2) is 6.52. The summed E-state index contributed by atoms with van der Waals surface area (Å²) in [5, 5.41) is 5.52. The predicted octanol–water partition coefficient (Wildman–Crippen LogP) is 3.18. The normalized spacial score (nSPS) is 16.0. The molecule has 2 aromatic rings. The van der Waals surface area contributed by atoms with Gasteiger partial charge in [0, 0.05) is 17.9 Å². The van der Waals surface area contributed by atoms with Crippen molar-refractivity contribution in [3.05, 3.63) is 54.1 Å². The molecule has 7 heteroatoms. The number of carbonyl (C=O) groups excluding carboxylic acids is 1. The Morgan fingerprint density at radius 3 is 2.50 bits per heavy atom. The van der Waals surface area contributed by atoms with Gasteiger partial charge in [-0.3, -0.25) is 4.31 Å². The van der Waals surface area contributed by atoms with Crippen LogP contribution in [0.5, 0.6) is 0 Å². The summed E-state index contributed by atoms with van der Waals surface area (Å²) in [6.45, 7) is 2.33. The average molecular weight is 345 g/mol. The van der Waals surface area contributed by atoms with Gasteiger partial charge in [-0.1, -0.05) is 24.3 Å². The molecule has 1 aliphatic heterocycles. The number of anilines is 3. The molecule has 2 N–H and O–H groups in total. The van der Waals surface area contributed by atoms with Crippen LogP contribution >= 0.6 is 0 Å². The molecule has 126 valence electrons. The quantitative estimate of drug-likeness (QED) is 0.897. The maximum Gasteiger partial charge on any atom is 0.323 e. The summed E-state index contributed by atoms with van der Waals surface area (Å²) in [4.78, 5) is 12.1. The SMILES string of the molecule is Cc1ccc(N2CCCS2(=O)=O)cc1NC(=O)Nc1ccccc1. The molecule has 1 saturated heterocycles. The first kappa shape index (κ1) is 16.3. The van der Waals surface area contributed by atoms with Crippen molar-refractivity contribution in [3.8, 4) is 0 Å². The third kappa shape index (κ3) is 3.51. The van der Waals surface area contributed by atoms with Gasteiger partial charge >= 0.3 is 6.03 Å². The van der Waals surface area contributed by atoms with Crippen LogP contribution in [0.3, 0.4) is 0 Å². The molecule has 0 spiro atoms. The van der Waals surface area contributed by atoms with Crippen molar-refractivity contribution in [2.45, 2.75) is 13.3 Å². The maximum atomic E-state index is 12.1. The lowest BCUT2D eigenvalue weighted by Crippen LogP contribution is -2.25. The standard InChI is InChI=1S/C17H19N3O3S/c1-13-8-9-15(20-10-5-11-24(20,22)23)12-16(13)19-17(21)18-14-6-3-2-4-7-14/h2-4,6-9,12H,5,10-11H2,1H3,(H2,18,19,21). The molecule has 3 rings (SSSR count). The van der Waals surface area contributed by atoms with Gasteiger partial charge in [-0.2, -0.15) is 0 Å². The van der Waals surface area contributed by atoms with Gasteiger partial charge in [-0.05, 0) is 43.2 Å². The minimum absolute atomic E-state index is 0.165. The fourth-order valence-corrected chi connectivity index (χ4v) is 4.19. The number of hydrogen-bond acceptors (Lipinski definition) is 3. The van der Waals surface area contributed by atoms with Crippen molar-refractivity contribution in [2.24, 2.45) is 0 Å². The van der Waals surface area contributed by atoms with Crippen LogP contribution < -0.4 is 14.9 Å². The van der Waals surface area contributed by atoms with Gasteiger partial charge in [0.05, 0.1) is 11.4 Å². The highest BCUT2D eigenvalue weighted by Gasteiger charge is 2.28. The van der Waals surface area contributed by atoms with Crippen LogP contribution in [0.15, 0.2) is 48.5 Å². The molecule has 2 amide bonds.